The Hall–Kier alpha value is -1.21. The van der Waals surface area contributed by atoms with Crippen molar-refractivity contribution in [2.75, 3.05) is 31.1 Å². The lowest BCUT2D eigenvalue weighted by molar-refractivity contribution is 0.212. The molecule has 1 aromatic rings. The number of hydrogen-bond acceptors (Lipinski definition) is 5. The Bertz CT molecular complexity index is 628. The highest BCUT2D eigenvalue weighted by atomic mass is 32.2. The van der Waals surface area contributed by atoms with Crippen LogP contribution in [0.5, 0.6) is 0 Å². The van der Waals surface area contributed by atoms with Crippen molar-refractivity contribution >= 4 is 15.7 Å². The van der Waals surface area contributed by atoms with E-state index in [1.54, 1.807) is 16.7 Å². The van der Waals surface area contributed by atoms with Crippen molar-refractivity contribution in [1.29, 1.82) is 0 Å². The molecule has 7 heteroatoms. The molecule has 1 aromatic heterocycles. The fourth-order valence-corrected chi connectivity index (χ4v) is 6.68. The minimum absolute atomic E-state index is 0.103. The van der Waals surface area contributed by atoms with Crippen LogP contribution in [-0.4, -0.2) is 54.3 Å². The van der Waals surface area contributed by atoms with Gasteiger partial charge in [0.25, 0.3) is 0 Å². The third-order valence-electron chi connectivity index (χ3n) is 5.65. The molecule has 3 atom stereocenters. The zero-order valence-electron chi connectivity index (χ0n) is 12.6. The molecule has 1 saturated heterocycles. The Morgan fingerprint density at radius 3 is 2.59 bits per heavy atom. The molecule has 0 N–H and O–H groups in total. The fraction of sp³-hybridized carbons (Fsp3) is 0.733. The normalized spacial score (nSPS) is 32.5. The maximum absolute atomic E-state index is 12.8. The minimum atomic E-state index is -3.11. The number of hydrogen-bond donors (Lipinski definition) is 0. The second-order valence-corrected chi connectivity index (χ2v) is 8.81. The Kier molecular flexibility index (Phi) is 3.57. The first-order chi connectivity index (χ1) is 10.7. The summed E-state index contributed by atoms with van der Waals surface area (Å²) >= 11 is 0. The Morgan fingerprint density at radius 2 is 1.91 bits per heavy atom. The van der Waals surface area contributed by atoms with Crippen LogP contribution in [0.25, 0.3) is 0 Å². The molecular formula is C15H22N4O2S. The molecule has 22 heavy (non-hydrogen) atoms. The molecule has 3 fully saturated rings. The Balaban J connectivity index is 1.41. The van der Waals surface area contributed by atoms with Crippen molar-refractivity contribution in [1.82, 2.24) is 14.5 Å². The fourth-order valence-electron chi connectivity index (χ4n) is 4.33. The van der Waals surface area contributed by atoms with E-state index in [9.17, 15) is 8.42 Å². The van der Waals surface area contributed by atoms with Crippen LogP contribution in [0.2, 0.25) is 0 Å². The van der Waals surface area contributed by atoms with E-state index < -0.39 is 10.0 Å². The summed E-state index contributed by atoms with van der Waals surface area (Å²) in [5.74, 6) is 1.12. The second kappa shape index (κ2) is 5.45. The third-order valence-corrected chi connectivity index (χ3v) is 8.04. The van der Waals surface area contributed by atoms with Gasteiger partial charge in [0.1, 0.15) is 0 Å². The average Bonchev–Trinajstić information content (AvgIpc) is 2.88. The molecule has 2 aliphatic carbocycles. The first-order valence-corrected chi connectivity index (χ1v) is 9.67. The minimum Gasteiger partial charge on any atom is -0.368 e. The van der Waals surface area contributed by atoms with E-state index in [0.717, 1.165) is 31.6 Å². The number of nitrogens with zero attached hydrogens (tertiary/aromatic N) is 4. The summed E-state index contributed by atoms with van der Waals surface area (Å²) < 4.78 is 27.4. The predicted molar refractivity (Wildman–Crippen MR) is 84.0 cm³/mol. The van der Waals surface area contributed by atoms with Crippen LogP contribution in [0, 0.1) is 11.8 Å². The summed E-state index contributed by atoms with van der Waals surface area (Å²) in [6.45, 7) is 2.62. The van der Waals surface area contributed by atoms with Gasteiger partial charge < -0.3 is 4.90 Å². The van der Waals surface area contributed by atoms with Crippen molar-refractivity contribution < 1.29 is 8.42 Å². The SMILES string of the molecule is O=S(=O)(C1CC2CCCC21)N1CCN(c2ccnnc2)CC1. The van der Waals surface area contributed by atoms with Gasteiger partial charge >= 0.3 is 0 Å². The van der Waals surface area contributed by atoms with Gasteiger partial charge in [0.05, 0.1) is 23.3 Å². The quantitative estimate of drug-likeness (QED) is 0.834. The van der Waals surface area contributed by atoms with Gasteiger partial charge in [0, 0.05) is 26.2 Å². The number of fused-ring (bicyclic) bond motifs is 1. The first kappa shape index (κ1) is 14.4. The monoisotopic (exact) mass is 322 g/mol. The average molecular weight is 322 g/mol. The molecule has 3 aliphatic rings. The van der Waals surface area contributed by atoms with Crippen LogP contribution >= 0.6 is 0 Å². The van der Waals surface area contributed by atoms with Crippen molar-refractivity contribution in [3.8, 4) is 0 Å². The number of sulfonamides is 1. The molecule has 120 valence electrons. The van der Waals surface area contributed by atoms with Crippen LogP contribution < -0.4 is 4.90 Å². The summed E-state index contributed by atoms with van der Waals surface area (Å²) in [5, 5.41) is 7.57. The van der Waals surface area contributed by atoms with Gasteiger partial charge in [0.15, 0.2) is 0 Å². The summed E-state index contributed by atoms with van der Waals surface area (Å²) in [6, 6.07) is 1.92. The van der Waals surface area contributed by atoms with Crippen LogP contribution in [-0.2, 0) is 10.0 Å². The van der Waals surface area contributed by atoms with Gasteiger partial charge in [-0.1, -0.05) is 12.8 Å². The molecule has 0 aromatic carbocycles. The molecule has 0 amide bonds. The zero-order valence-corrected chi connectivity index (χ0v) is 13.5. The molecule has 1 aliphatic heterocycles. The van der Waals surface area contributed by atoms with Crippen LogP contribution in [0.3, 0.4) is 0 Å². The summed E-state index contributed by atoms with van der Waals surface area (Å²) in [5.41, 5.74) is 1.02. The summed E-state index contributed by atoms with van der Waals surface area (Å²) in [4.78, 5) is 2.18. The van der Waals surface area contributed by atoms with E-state index in [1.165, 1.54) is 12.8 Å². The Morgan fingerprint density at radius 1 is 1.09 bits per heavy atom. The number of aromatic nitrogens is 2. The summed E-state index contributed by atoms with van der Waals surface area (Å²) in [7, 11) is -3.11. The highest BCUT2D eigenvalue weighted by Gasteiger charge is 2.51. The van der Waals surface area contributed by atoms with Gasteiger partial charge in [-0.2, -0.15) is 14.5 Å². The molecule has 6 nitrogen and oxygen atoms in total. The standard InChI is InChI=1S/C15H22N4O2S/c20-22(21,15-10-12-2-1-3-14(12)15)19-8-6-18(7-9-19)13-4-5-16-17-11-13/h4-5,11-12,14-15H,1-3,6-10H2. The van der Waals surface area contributed by atoms with Crippen LogP contribution in [0.1, 0.15) is 25.7 Å². The molecule has 4 rings (SSSR count). The van der Waals surface area contributed by atoms with E-state index in [4.69, 9.17) is 0 Å². The summed E-state index contributed by atoms with van der Waals surface area (Å²) in [6.07, 6.45) is 7.86. The van der Waals surface area contributed by atoms with E-state index in [1.807, 2.05) is 6.07 Å². The predicted octanol–water partition coefficient (Wildman–Crippen LogP) is 1.12. The highest BCUT2D eigenvalue weighted by Crippen LogP contribution is 2.50. The molecular weight excluding hydrogens is 300 g/mol. The van der Waals surface area contributed by atoms with Crippen LogP contribution in [0.15, 0.2) is 18.5 Å². The van der Waals surface area contributed by atoms with E-state index >= 15 is 0 Å². The highest BCUT2D eigenvalue weighted by molar-refractivity contribution is 7.89. The van der Waals surface area contributed by atoms with E-state index in [0.29, 0.717) is 24.9 Å². The van der Waals surface area contributed by atoms with Gasteiger partial charge in [-0.3, -0.25) is 0 Å². The molecule has 0 bridgehead atoms. The van der Waals surface area contributed by atoms with Gasteiger partial charge in [0.2, 0.25) is 10.0 Å². The zero-order chi connectivity index (χ0) is 15.2. The topological polar surface area (TPSA) is 66.4 Å². The van der Waals surface area contributed by atoms with Crippen molar-refractivity contribution in [3.63, 3.8) is 0 Å². The first-order valence-electron chi connectivity index (χ1n) is 8.17. The maximum atomic E-state index is 12.8. The molecule has 0 spiro atoms. The van der Waals surface area contributed by atoms with Gasteiger partial charge in [-0.05, 0) is 30.7 Å². The lowest BCUT2D eigenvalue weighted by atomic mass is 9.76. The molecule has 2 heterocycles. The van der Waals surface area contributed by atoms with Gasteiger partial charge in [-0.25, -0.2) is 8.42 Å². The number of anilines is 1. The lowest BCUT2D eigenvalue weighted by Crippen LogP contribution is -2.55. The lowest BCUT2D eigenvalue weighted by Gasteiger charge is -2.44. The molecule has 0 radical (unpaired) electrons. The second-order valence-electron chi connectivity index (χ2n) is 6.66. The van der Waals surface area contributed by atoms with Crippen molar-refractivity contribution in [2.45, 2.75) is 30.9 Å². The van der Waals surface area contributed by atoms with Crippen LogP contribution in [0.4, 0.5) is 5.69 Å². The van der Waals surface area contributed by atoms with Crippen molar-refractivity contribution in [3.05, 3.63) is 18.5 Å². The van der Waals surface area contributed by atoms with E-state index in [-0.39, 0.29) is 5.25 Å². The third kappa shape index (κ3) is 2.31. The smallest absolute Gasteiger partial charge is 0.217 e. The molecule has 2 saturated carbocycles. The largest absolute Gasteiger partial charge is 0.368 e. The maximum Gasteiger partial charge on any atom is 0.217 e. The van der Waals surface area contributed by atoms with Gasteiger partial charge in [-0.15, -0.1) is 0 Å². The Labute approximate surface area is 131 Å². The van der Waals surface area contributed by atoms with Crippen molar-refractivity contribution in [2.24, 2.45) is 11.8 Å². The number of piperazine rings is 1. The van der Waals surface area contributed by atoms with E-state index in [2.05, 4.69) is 15.1 Å². The molecule has 3 unspecified atom stereocenters. The number of rotatable bonds is 3.